The van der Waals surface area contributed by atoms with Crippen LogP contribution in [0.1, 0.15) is 23.6 Å². The van der Waals surface area contributed by atoms with Crippen molar-refractivity contribution in [2.45, 2.75) is 12.3 Å². The summed E-state index contributed by atoms with van der Waals surface area (Å²) in [6.45, 7) is 1.65. The van der Waals surface area contributed by atoms with Crippen LogP contribution in [0.5, 0.6) is 5.88 Å². The lowest BCUT2D eigenvalue weighted by molar-refractivity contribution is -0.140. The molecule has 1 N–H and O–H groups in total. The Hall–Kier alpha value is -3.49. The maximum absolute atomic E-state index is 14.5. The van der Waals surface area contributed by atoms with E-state index in [9.17, 15) is 14.0 Å². The van der Waals surface area contributed by atoms with Crippen LogP contribution in [0, 0.1) is 5.82 Å². The van der Waals surface area contributed by atoms with Gasteiger partial charge in [0.05, 0.1) is 12.2 Å². The van der Waals surface area contributed by atoms with Gasteiger partial charge in [0, 0.05) is 16.8 Å². The monoisotopic (exact) mass is 485 g/mol. The molecule has 5 rings (SSSR count). The van der Waals surface area contributed by atoms with E-state index in [4.69, 9.17) is 32.7 Å². The zero-order chi connectivity index (χ0) is 23.3. The fraction of sp³-hybridized carbons (Fsp3) is 0.130. The number of rotatable bonds is 3. The fourth-order valence-electron chi connectivity index (χ4n) is 4.23. The van der Waals surface area contributed by atoms with E-state index in [-0.39, 0.29) is 45.4 Å². The number of aromatic nitrogens is 2. The Kier molecular flexibility index (Phi) is 5.07. The van der Waals surface area contributed by atoms with Gasteiger partial charge in [0.1, 0.15) is 27.7 Å². The molecular formula is C23H14Cl2FN3O4. The molecule has 2 aliphatic rings. The number of benzene rings is 2. The van der Waals surface area contributed by atoms with Gasteiger partial charge >= 0.3 is 5.97 Å². The Labute approximate surface area is 197 Å². The molecule has 2 aromatic carbocycles. The van der Waals surface area contributed by atoms with Crippen molar-refractivity contribution < 1.29 is 23.5 Å². The highest BCUT2D eigenvalue weighted by atomic mass is 35.5. The van der Waals surface area contributed by atoms with Gasteiger partial charge in [0.15, 0.2) is 0 Å². The molecule has 10 heteroatoms. The number of carbonyl (C=O) groups is 2. The third kappa shape index (κ3) is 3.09. The number of amides is 1. The average molecular weight is 486 g/mol. The molecule has 1 atom stereocenters. The number of nitrogens with one attached hydrogen (secondary N) is 1. The standard InChI is InChI=1S/C23H14Cl2FN3O4/c1-2-32-20(30)15-17(11-6-4-3-5-7-11)33-19-16(18(24)28-22(25)29-19)23(15)13-10-12(26)8-9-14(13)27-21(23)31/h3-10H,2H2,1H3,(H,27,31). The van der Waals surface area contributed by atoms with Crippen molar-refractivity contribution in [2.75, 3.05) is 11.9 Å². The number of nitrogens with zero attached hydrogens (tertiary/aromatic N) is 2. The molecule has 1 aromatic heterocycles. The van der Waals surface area contributed by atoms with Gasteiger partial charge in [-0.3, -0.25) is 4.79 Å². The number of carbonyl (C=O) groups excluding carboxylic acids is 2. The van der Waals surface area contributed by atoms with Crippen LogP contribution in [-0.4, -0.2) is 28.5 Å². The first-order valence-corrected chi connectivity index (χ1v) is 10.6. The minimum Gasteiger partial charge on any atom is -0.462 e. The Morgan fingerprint density at radius 2 is 1.94 bits per heavy atom. The lowest BCUT2D eigenvalue weighted by Gasteiger charge is -2.36. The highest BCUT2D eigenvalue weighted by molar-refractivity contribution is 6.34. The molecule has 0 saturated carbocycles. The Morgan fingerprint density at radius 3 is 2.67 bits per heavy atom. The number of hydrogen-bond donors (Lipinski definition) is 1. The van der Waals surface area contributed by atoms with Gasteiger partial charge in [0.25, 0.3) is 0 Å². The van der Waals surface area contributed by atoms with Crippen molar-refractivity contribution in [3.8, 4) is 5.88 Å². The molecule has 0 fully saturated rings. The van der Waals surface area contributed by atoms with E-state index in [1.54, 1.807) is 37.3 Å². The molecule has 1 spiro atoms. The van der Waals surface area contributed by atoms with Gasteiger partial charge in [-0.15, -0.1) is 0 Å². The van der Waals surface area contributed by atoms with Crippen molar-refractivity contribution in [1.82, 2.24) is 9.97 Å². The molecule has 1 amide bonds. The summed E-state index contributed by atoms with van der Waals surface area (Å²) in [5.74, 6) is -2.22. The van der Waals surface area contributed by atoms with Gasteiger partial charge in [-0.05, 0) is 36.7 Å². The Balaban J connectivity index is 1.97. The van der Waals surface area contributed by atoms with Crippen molar-refractivity contribution >= 4 is 46.5 Å². The second-order valence-electron chi connectivity index (χ2n) is 7.25. The quantitative estimate of drug-likeness (QED) is 0.333. The predicted octanol–water partition coefficient (Wildman–Crippen LogP) is 4.53. The minimum atomic E-state index is -1.94. The number of fused-ring (bicyclic) bond motifs is 4. The molecule has 0 saturated heterocycles. The van der Waals surface area contributed by atoms with E-state index < -0.39 is 23.1 Å². The normalized spacial score (nSPS) is 18.5. The topological polar surface area (TPSA) is 90.4 Å². The summed E-state index contributed by atoms with van der Waals surface area (Å²) >= 11 is 12.5. The highest BCUT2D eigenvalue weighted by Gasteiger charge is 2.61. The van der Waals surface area contributed by atoms with Crippen LogP contribution < -0.4 is 10.1 Å². The molecule has 0 bridgehead atoms. The smallest absolute Gasteiger partial charge is 0.339 e. The molecule has 1 unspecified atom stereocenters. The summed E-state index contributed by atoms with van der Waals surface area (Å²) in [6, 6.07) is 12.4. The first-order chi connectivity index (χ1) is 15.9. The molecule has 33 heavy (non-hydrogen) atoms. The zero-order valence-corrected chi connectivity index (χ0v) is 18.5. The summed E-state index contributed by atoms with van der Waals surface area (Å²) < 4.78 is 25.8. The molecule has 3 aromatic rings. The first-order valence-electron chi connectivity index (χ1n) is 9.88. The van der Waals surface area contributed by atoms with E-state index in [1.165, 1.54) is 12.1 Å². The zero-order valence-electron chi connectivity index (χ0n) is 17.0. The predicted molar refractivity (Wildman–Crippen MR) is 118 cm³/mol. The summed E-state index contributed by atoms with van der Waals surface area (Å²) in [7, 11) is 0. The van der Waals surface area contributed by atoms with E-state index in [1.807, 2.05) is 0 Å². The maximum atomic E-state index is 14.5. The summed E-state index contributed by atoms with van der Waals surface area (Å²) in [6.07, 6.45) is 0. The second-order valence-corrected chi connectivity index (χ2v) is 7.95. The third-order valence-electron chi connectivity index (χ3n) is 5.47. The fourth-order valence-corrected chi connectivity index (χ4v) is 4.74. The van der Waals surface area contributed by atoms with Crippen molar-refractivity contribution in [3.63, 3.8) is 0 Å². The highest BCUT2D eigenvalue weighted by Crippen LogP contribution is 2.56. The van der Waals surface area contributed by atoms with Crippen LogP contribution in [0.2, 0.25) is 10.4 Å². The number of halogens is 3. The van der Waals surface area contributed by atoms with Gasteiger partial charge in [-0.1, -0.05) is 41.9 Å². The van der Waals surface area contributed by atoms with Crippen LogP contribution in [0.25, 0.3) is 5.76 Å². The van der Waals surface area contributed by atoms with Crippen LogP contribution in [-0.2, 0) is 19.7 Å². The summed E-state index contributed by atoms with van der Waals surface area (Å²) in [4.78, 5) is 35.3. The average Bonchev–Trinajstić information content (AvgIpc) is 3.05. The van der Waals surface area contributed by atoms with Crippen molar-refractivity contribution in [2.24, 2.45) is 0 Å². The van der Waals surface area contributed by atoms with Gasteiger partial charge < -0.3 is 14.8 Å². The summed E-state index contributed by atoms with van der Waals surface area (Å²) in [5, 5.41) is 2.28. The Bertz CT molecular complexity index is 1360. The van der Waals surface area contributed by atoms with Crippen LogP contribution >= 0.6 is 23.2 Å². The first kappa shape index (κ1) is 21.4. The molecule has 0 aliphatic carbocycles. The minimum absolute atomic E-state index is 0.0136. The lowest BCUT2D eigenvalue weighted by atomic mass is 9.68. The van der Waals surface area contributed by atoms with Gasteiger partial charge in [-0.2, -0.15) is 4.98 Å². The van der Waals surface area contributed by atoms with Crippen molar-refractivity contribution in [3.05, 3.63) is 87.0 Å². The van der Waals surface area contributed by atoms with E-state index in [2.05, 4.69) is 15.3 Å². The largest absolute Gasteiger partial charge is 0.462 e. The van der Waals surface area contributed by atoms with Crippen LogP contribution in [0.15, 0.2) is 54.1 Å². The SMILES string of the molecule is CCOC(=O)C1=C(c2ccccc2)Oc2nc(Cl)nc(Cl)c2C12C(=O)Nc1ccc(F)cc12. The van der Waals surface area contributed by atoms with Gasteiger partial charge in [-0.25, -0.2) is 14.2 Å². The number of esters is 1. The van der Waals surface area contributed by atoms with Crippen molar-refractivity contribution in [1.29, 1.82) is 0 Å². The van der Waals surface area contributed by atoms with Gasteiger partial charge in [0.2, 0.25) is 17.1 Å². The number of anilines is 1. The van der Waals surface area contributed by atoms with E-state index >= 15 is 0 Å². The molecule has 3 heterocycles. The molecule has 7 nitrogen and oxygen atoms in total. The maximum Gasteiger partial charge on any atom is 0.339 e. The number of hydrogen-bond acceptors (Lipinski definition) is 6. The Morgan fingerprint density at radius 1 is 1.18 bits per heavy atom. The lowest BCUT2D eigenvalue weighted by Crippen LogP contribution is -2.45. The molecule has 2 aliphatic heterocycles. The van der Waals surface area contributed by atoms with Crippen LogP contribution in [0.4, 0.5) is 10.1 Å². The van der Waals surface area contributed by atoms with E-state index in [0.717, 1.165) is 6.07 Å². The summed E-state index contributed by atoms with van der Waals surface area (Å²) in [5.41, 5.74) is -1.22. The van der Waals surface area contributed by atoms with Crippen LogP contribution in [0.3, 0.4) is 0 Å². The molecular weight excluding hydrogens is 472 g/mol. The number of ether oxygens (including phenoxy) is 2. The second kappa shape index (κ2) is 7.83. The third-order valence-corrected chi connectivity index (χ3v) is 5.91. The molecule has 0 radical (unpaired) electrons. The van der Waals surface area contributed by atoms with E-state index in [0.29, 0.717) is 11.3 Å². The molecule has 166 valence electrons.